The molecule has 0 heterocycles. The number of nitrogens with one attached hydrogen (secondary N) is 1. The minimum atomic E-state index is -4.33. The molecule has 5 heteroatoms. The van der Waals surface area contributed by atoms with Crippen LogP contribution in [0.5, 0.6) is 0 Å². The van der Waals surface area contributed by atoms with Crippen LogP contribution in [0.15, 0.2) is 24.3 Å². The quantitative estimate of drug-likeness (QED) is 0.848. The summed E-state index contributed by atoms with van der Waals surface area (Å²) in [5.41, 5.74) is -0.599. The Kier molecular flexibility index (Phi) is 5.59. The molecule has 20 heavy (non-hydrogen) atoms. The summed E-state index contributed by atoms with van der Waals surface area (Å²) < 4.78 is 44.2. The van der Waals surface area contributed by atoms with E-state index in [1.54, 1.807) is 13.1 Å². The standard InChI is InChI=1S/C15H22F3NO/c1-5-14(3,20-6-2)13(19-4)11-8-7-9-12(10-11)15(16,17)18/h7-10,13,19H,5-6H2,1-4H3. The third-order valence-corrected chi connectivity index (χ3v) is 3.62. The van der Waals surface area contributed by atoms with E-state index in [4.69, 9.17) is 4.74 Å². The molecule has 0 radical (unpaired) electrons. The van der Waals surface area contributed by atoms with Crippen molar-refractivity contribution in [3.8, 4) is 0 Å². The molecule has 0 fully saturated rings. The van der Waals surface area contributed by atoms with Crippen molar-refractivity contribution >= 4 is 0 Å². The van der Waals surface area contributed by atoms with Crippen molar-refractivity contribution in [2.24, 2.45) is 0 Å². The molecule has 0 amide bonds. The SMILES string of the molecule is CCOC(C)(CC)C(NC)c1cccc(C(F)(F)F)c1. The van der Waals surface area contributed by atoms with Crippen molar-refractivity contribution in [2.45, 2.75) is 45.0 Å². The van der Waals surface area contributed by atoms with Crippen LogP contribution in [-0.4, -0.2) is 19.3 Å². The number of alkyl halides is 3. The molecule has 2 atom stereocenters. The average Bonchev–Trinajstić information content (AvgIpc) is 2.39. The summed E-state index contributed by atoms with van der Waals surface area (Å²) >= 11 is 0. The van der Waals surface area contributed by atoms with Gasteiger partial charge in [0.25, 0.3) is 0 Å². The van der Waals surface area contributed by atoms with Gasteiger partial charge < -0.3 is 10.1 Å². The number of hydrogen-bond donors (Lipinski definition) is 1. The van der Waals surface area contributed by atoms with Gasteiger partial charge in [0.15, 0.2) is 0 Å². The Morgan fingerprint density at radius 3 is 2.35 bits per heavy atom. The van der Waals surface area contributed by atoms with Crippen LogP contribution in [0, 0.1) is 0 Å². The van der Waals surface area contributed by atoms with E-state index >= 15 is 0 Å². The molecule has 2 unspecified atom stereocenters. The molecule has 0 saturated carbocycles. The maximum atomic E-state index is 12.8. The van der Waals surface area contributed by atoms with Gasteiger partial charge in [-0.1, -0.05) is 19.1 Å². The fourth-order valence-corrected chi connectivity index (χ4v) is 2.44. The monoisotopic (exact) mass is 289 g/mol. The van der Waals surface area contributed by atoms with E-state index in [0.717, 1.165) is 6.07 Å². The largest absolute Gasteiger partial charge is 0.416 e. The van der Waals surface area contributed by atoms with Crippen molar-refractivity contribution in [2.75, 3.05) is 13.7 Å². The Morgan fingerprint density at radius 2 is 1.90 bits per heavy atom. The predicted octanol–water partition coefficient (Wildman–Crippen LogP) is 4.17. The number of likely N-dealkylation sites (N-methyl/N-ethyl adjacent to an activating group) is 1. The highest BCUT2D eigenvalue weighted by molar-refractivity contribution is 5.29. The van der Waals surface area contributed by atoms with Crippen LogP contribution in [0.3, 0.4) is 0 Å². The molecule has 0 aliphatic rings. The summed E-state index contributed by atoms with van der Waals surface area (Å²) in [5, 5.41) is 3.08. The van der Waals surface area contributed by atoms with Crippen LogP contribution in [0.4, 0.5) is 13.2 Å². The Labute approximate surface area is 118 Å². The molecule has 0 bridgehead atoms. The topological polar surface area (TPSA) is 21.3 Å². The lowest BCUT2D eigenvalue weighted by Crippen LogP contribution is -2.42. The first-order valence-corrected chi connectivity index (χ1v) is 6.76. The molecule has 1 aromatic rings. The van der Waals surface area contributed by atoms with E-state index in [1.165, 1.54) is 12.1 Å². The highest BCUT2D eigenvalue weighted by Crippen LogP contribution is 2.35. The van der Waals surface area contributed by atoms with Crippen LogP contribution in [0.1, 0.15) is 44.4 Å². The first kappa shape index (κ1) is 17.0. The first-order valence-electron chi connectivity index (χ1n) is 6.76. The molecule has 0 aliphatic heterocycles. The Balaban J connectivity index is 3.18. The molecule has 0 saturated heterocycles. The zero-order valence-electron chi connectivity index (χ0n) is 12.3. The van der Waals surface area contributed by atoms with Gasteiger partial charge in [-0.2, -0.15) is 13.2 Å². The third kappa shape index (κ3) is 3.73. The van der Waals surface area contributed by atoms with Gasteiger partial charge in [0, 0.05) is 6.61 Å². The summed E-state index contributed by atoms with van der Waals surface area (Å²) in [5.74, 6) is 0. The van der Waals surface area contributed by atoms with E-state index in [1.807, 2.05) is 20.8 Å². The van der Waals surface area contributed by atoms with Crippen molar-refractivity contribution < 1.29 is 17.9 Å². The van der Waals surface area contributed by atoms with Gasteiger partial charge in [0.05, 0.1) is 17.2 Å². The van der Waals surface area contributed by atoms with Crippen LogP contribution in [0.25, 0.3) is 0 Å². The summed E-state index contributed by atoms with van der Waals surface area (Å²) in [6.45, 7) is 6.28. The molecule has 114 valence electrons. The molecular weight excluding hydrogens is 267 g/mol. The molecule has 2 nitrogen and oxygen atoms in total. The number of rotatable bonds is 6. The van der Waals surface area contributed by atoms with Gasteiger partial charge in [-0.05, 0) is 45.0 Å². The van der Waals surface area contributed by atoms with Crippen LogP contribution >= 0.6 is 0 Å². The lowest BCUT2D eigenvalue weighted by atomic mass is 9.87. The maximum absolute atomic E-state index is 12.8. The van der Waals surface area contributed by atoms with Crippen LogP contribution in [-0.2, 0) is 10.9 Å². The highest BCUT2D eigenvalue weighted by atomic mass is 19.4. The van der Waals surface area contributed by atoms with Gasteiger partial charge in [-0.25, -0.2) is 0 Å². The summed E-state index contributed by atoms with van der Waals surface area (Å²) in [4.78, 5) is 0. The zero-order chi connectivity index (χ0) is 15.4. The second-order valence-corrected chi connectivity index (χ2v) is 4.94. The van der Waals surface area contributed by atoms with E-state index in [9.17, 15) is 13.2 Å². The van der Waals surface area contributed by atoms with E-state index < -0.39 is 17.3 Å². The Morgan fingerprint density at radius 1 is 1.25 bits per heavy atom. The molecule has 0 aromatic heterocycles. The lowest BCUT2D eigenvalue weighted by Gasteiger charge is -2.37. The fourth-order valence-electron chi connectivity index (χ4n) is 2.44. The smallest absolute Gasteiger partial charge is 0.374 e. The number of benzene rings is 1. The lowest BCUT2D eigenvalue weighted by molar-refractivity contribution is -0.137. The van der Waals surface area contributed by atoms with Crippen molar-refractivity contribution in [3.63, 3.8) is 0 Å². The first-order chi connectivity index (χ1) is 9.28. The van der Waals surface area contributed by atoms with Crippen LogP contribution in [0.2, 0.25) is 0 Å². The maximum Gasteiger partial charge on any atom is 0.416 e. The molecule has 1 rings (SSSR count). The summed E-state index contributed by atoms with van der Waals surface area (Å²) in [6, 6.07) is 5.11. The van der Waals surface area contributed by atoms with Crippen molar-refractivity contribution in [1.29, 1.82) is 0 Å². The third-order valence-electron chi connectivity index (χ3n) is 3.62. The molecular formula is C15H22F3NO. The molecule has 1 aromatic carbocycles. The van der Waals surface area contributed by atoms with E-state index in [-0.39, 0.29) is 6.04 Å². The van der Waals surface area contributed by atoms with Gasteiger partial charge in [-0.15, -0.1) is 0 Å². The number of halogens is 3. The van der Waals surface area contributed by atoms with Gasteiger partial charge in [-0.3, -0.25) is 0 Å². The molecule has 0 spiro atoms. The predicted molar refractivity (Wildman–Crippen MR) is 73.6 cm³/mol. The van der Waals surface area contributed by atoms with Gasteiger partial charge >= 0.3 is 6.18 Å². The Hall–Kier alpha value is -1.07. The molecule has 0 aliphatic carbocycles. The second kappa shape index (κ2) is 6.59. The summed E-state index contributed by atoms with van der Waals surface area (Å²) in [6.07, 6.45) is -3.63. The van der Waals surface area contributed by atoms with Gasteiger partial charge in [0.2, 0.25) is 0 Å². The zero-order valence-corrected chi connectivity index (χ0v) is 12.3. The molecule has 1 N–H and O–H groups in total. The normalized spacial score (nSPS) is 16.8. The minimum absolute atomic E-state index is 0.297. The number of ether oxygens (including phenoxy) is 1. The second-order valence-electron chi connectivity index (χ2n) is 4.94. The minimum Gasteiger partial charge on any atom is -0.374 e. The number of hydrogen-bond acceptors (Lipinski definition) is 2. The van der Waals surface area contributed by atoms with Crippen molar-refractivity contribution in [1.82, 2.24) is 5.32 Å². The highest BCUT2D eigenvalue weighted by Gasteiger charge is 2.36. The van der Waals surface area contributed by atoms with Crippen LogP contribution < -0.4 is 5.32 Å². The van der Waals surface area contributed by atoms with E-state index in [2.05, 4.69) is 5.32 Å². The van der Waals surface area contributed by atoms with E-state index in [0.29, 0.717) is 18.6 Å². The van der Waals surface area contributed by atoms with Gasteiger partial charge in [0.1, 0.15) is 0 Å². The van der Waals surface area contributed by atoms with Crippen molar-refractivity contribution in [3.05, 3.63) is 35.4 Å². The average molecular weight is 289 g/mol. The Bertz CT molecular complexity index is 433. The fraction of sp³-hybridized carbons (Fsp3) is 0.600. The summed E-state index contributed by atoms with van der Waals surface area (Å²) in [7, 11) is 1.73.